The number of hydrogen-bond acceptors (Lipinski definition) is 6. The fourth-order valence-corrected chi connectivity index (χ4v) is 6.24. The van der Waals surface area contributed by atoms with E-state index in [2.05, 4.69) is 31.8 Å². The highest BCUT2D eigenvalue weighted by atomic mass is 35.5. The molecule has 5 aromatic rings. The molecule has 38 heavy (non-hydrogen) atoms. The van der Waals surface area contributed by atoms with Crippen molar-refractivity contribution >= 4 is 33.8 Å². The molecular formula is C27H18ClFN8O. The van der Waals surface area contributed by atoms with Gasteiger partial charge in [0, 0.05) is 52.2 Å². The number of halogens is 2. The molecule has 186 valence electrons. The summed E-state index contributed by atoms with van der Waals surface area (Å²) in [6, 6.07) is 12.6. The summed E-state index contributed by atoms with van der Waals surface area (Å²) in [6.45, 7) is 0. The molecule has 1 saturated carbocycles. The summed E-state index contributed by atoms with van der Waals surface area (Å²) >= 11 is 6.33. The van der Waals surface area contributed by atoms with Gasteiger partial charge in [-0.25, -0.2) is 4.39 Å². The van der Waals surface area contributed by atoms with Crippen LogP contribution in [0.25, 0.3) is 33.3 Å². The molecule has 9 nitrogen and oxygen atoms in total. The van der Waals surface area contributed by atoms with Crippen molar-refractivity contribution in [2.45, 2.75) is 24.8 Å². The van der Waals surface area contributed by atoms with Crippen LogP contribution < -0.4 is 5.56 Å². The number of fused-ring (bicyclic) bond motifs is 4. The molecule has 3 aliphatic rings. The van der Waals surface area contributed by atoms with E-state index in [1.54, 1.807) is 29.1 Å². The summed E-state index contributed by atoms with van der Waals surface area (Å²) in [6.07, 6.45) is 6.23. The Kier molecular flexibility index (Phi) is 4.43. The highest BCUT2D eigenvalue weighted by Crippen LogP contribution is 2.60. The quantitative estimate of drug-likeness (QED) is 0.366. The van der Waals surface area contributed by atoms with Crippen LogP contribution in [-0.4, -0.2) is 40.7 Å². The second-order valence-corrected chi connectivity index (χ2v) is 10.4. The number of rotatable bonds is 4. The predicted octanol–water partition coefficient (Wildman–Crippen LogP) is 4.70. The molecule has 0 radical (unpaired) electrons. The smallest absolute Gasteiger partial charge is 0.251 e. The number of pyridine rings is 1. The number of aliphatic imine (C=N–C) groups is 1. The first-order valence-electron chi connectivity index (χ1n) is 12.2. The van der Waals surface area contributed by atoms with Crippen molar-refractivity contribution in [2.24, 2.45) is 10.9 Å². The molecule has 0 amide bonds. The van der Waals surface area contributed by atoms with E-state index in [0.29, 0.717) is 33.8 Å². The van der Waals surface area contributed by atoms with Crippen molar-refractivity contribution in [1.29, 1.82) is 0 Å². The van der Waals surface area contributed by atoms with Crippen LogP contribution in [0.5, 0.6) is 0 Å². The van der Waals surface area contributed by atoms with Gasteiger partial charge in [-0.1, -0.05) is 11.6 Å². The van der Waals surface area contributed by atoms with E-state index < -0.39 is 0 Å². The van der Waals surface area contributed by atoms with Crippen molar-refractivity contribution in [2.75, 3.05) is 0 Å². The van der Waals surface area contributed by atoms with Crippen LogP contribution in [0.1, 0.15) is 36.1 Å². The minimum atomic E-state index is -0.309. The largest absolute Gasteiger partial charge is 0.303 e. The molecule has 3 atom stereocenters. The molecule has 1 aliphatic carbocycles. The summed E-state index contributed by atoms with van der Waals surface area (Å²) in [5, 5.41) is 19.2. The fraction of sp³-hybridized carbons (Fsp3) is 0.185. The summed E-state index contributed by atoms with van der Waals surface area (Å²) in [5.41, 5.74) is 6.04. The van der Waals surface area contributed by atoms with Crippen LogP contribution in [0.15, 0.2) is 71.0 Å². The van der Waals surface area contributed by atoms with Gasteiger partial charge in [-0.3, -0.25) is 14.9 Å². The van der Waals surface area contributed by atoms with Crippen molar-refractivity contribution in [3.8, 4) is 16.8 Å². The Morgan fingerprint density at radius 2 is 2.03 bits per heavy atom. The lowest BCUT2D eigenvalue weighted by Crippen LogP contribution is -2.29. The third kappa shape index (κ3) is 3.10. The normalized spacial score (nSPS) is 21.4. The average Bonchev–Trinajstić information content (AvgIpc) is 3.42. The Morgan fingerprint density at radius 1 is 1.11 bits per heavy atom. The SMILES string of the molecule is O=c1cc(-c2cc(Cl)ccc2-n2cnnn2)cc2n1[C@H](C1=NC=C(c3ccc4[nH]ncc4c3F)C1)[C@H]1C[C@@H]21. The lowest BCUT2D eigenvalue weighted by molar-refractivity contribution is 0.584. The third-order valence-electron chi connectivity index (χ3n) is 7.87. The van der Waals surface area contributed by atoms with Crippen LogP contribution in [0.2, 0.25) is 5.02 Å². The van der Waals surface area contributed by atoms with E-state index in [1.807, 2.05) is 22.8 Å². The number of aromatic amines is 1. The predicted molar refractivity (Wildman–Crippen MR) is 140 cm³/mol. The van der Waals surface area contributed by atoms with E-state index in [-0.39, 0.29) is 23.3 Å². The Morgan fingerprint density at radius 3 is 2.89 bits per heavy atom. The summed E-state index contributed by atoms with van der Waals surface area (Å²) in [5.74, 6) is 0.287. The molecule has 3 aromatic heterocycles. The molecule has 8 rings (SSSR count). The molecule has 5 heterocycles. The van der Waals surface area contributed by atoms with Crippen molar-refractivity contribution in [1.82, 2.24) is 35.0 Å². The van der Waals surface area contributed by atoms with Gasteiger partial charge in [-0.2, -0.15) is 9.78 Å². The van der Waals surface area contributed by atoms with E-state index in [0.717, 1.165) is 40.2 Å². The Hall–Kier alpha value is -4.44. The molecule has 1 fully saturated rings. The van der Waals surface area contributed by atoms with Gasteiger partial charge < -0.3 is 4.57 Å². The van der Waals surface area contributed by atoms with Gasteiger partial charge in [-0.15, -0.1) is 5.10 Å². The number of tetrazole rings is 1. The van der Waals surface area contributed by atoms with Crippen LogP contribution in [0.4, 0.5) is 4.39 Å². The Bertz CT molecular complexity index is 1900. The maximum absolute atomic E-state index is 15.2. The second kappa shape index (κ2) is 7.78. The first-order chi connectivity index (χ1) is 18.6. The molecule has 1 N–H and O–H groups in total. The van der Waals surface area contributed by atoms with Crippen molar-refractivity contribution in [3.63, 3.8) is 0 Å². The fourth-order valence-electron chi connectivity index (χ4n) is 6.07. The number of nitrogens with zero attached hydrogens (tertiary/aromatic N) is 7. The van der Waals surface area contributed by atoms with Gasteiger partial charge in [0.25, 0.3) is 5.56 Å². The minimum absolute atomic E-state index is 0.0977. The van der Waals surface area contributed by atoms with Gasteiger partial charge in [-0.05, 0) is 70.3 Å². The third-order valence-corrected chi connectivity index (χ3v) is 8.11. The molecule has 0 bridgehead atoms. The van der Waals surface area contributed by atoms with Crippen LogP contribution in [-0.2, 0) is 0 Å². The first kappa shape index (κ1) is 21.6. The van der Waals surface area contributed by atoms with E-state index >= 15 is 4.39 Å². The molecule has 2 aliphatic heterocycles. The van der Waals surface area contributed by atoms with Gasteiger partial charge in [0.2, 0.25) is 0 Å². The summed E-state index contributed by atoms with van der Waals surface area (Å²) < 4.78 is 18.6. The van der Waals surface area contributed by atoms with E-state index in [9.17, 15) is 4.79 Å². The Labute approximate surface area is 219 Å². The maximum Gasteiger partial charge on any atom is 0.251 e. The standard InChI is InChI=1S/C27H18ClFN8O/c28-15-1-4-23(36-12-32-34-35-36)17(8-15)13-6-24-18-9-19(18)27(37(24)25(38)7-13)22-5-14(10-30-22)16-2-3-21-20(26(16)29)11-31-33-21/h1-4,6-8,10-12,18-19,27H,5,9H2,(H,31,33)/t18-,19+,27+/m1/s1. The highest BCUT2D eigenvalue weighted by Gasteiger charge is 2.54. The molecule has 0 spiro atoms. The number of H-pyrrole nitrogens is 1. The maximum atomic E-state index is 15.2. The zero-order chi connectivity index (χ0) is 25.5. The summed E-state index contributed by atoms with van der Waals surface area (Å²) in [7, 11) is 0. The zero-order valence-electron chi connectivity index (χ0n) is 19.7. The lowest BCUT2D eigenvalue weighted by Gasteiger charge is -2.20. The highest BCUT2D eigenvalue weighted by molar-refractivity contribution is 6.31. The van der Waals surface area contributed by atoms with E-state index in [4.69, 9.17) is 16.6 Å². The van der Waals surface area contributed by atoms with Crippen LogP contribution in [0, 0.1) is 11.7 Å². The second-order valence-electron chi connectivity index (χ2n) is 9.95. The van der Waals surface area contributed by atoms with Gasteiger partial charge in [0.1, 0.15) is 12.1 Å². The molecule has 2 aromatic carbocycles. The topological polar surface area (TPSA) is 107 Å². The van der Waals surface area contributed by atoms with E-state index in [1.165, 1.54) is 12.5 Å². The molecular weight excluding hydrogens is 507 g/mol. The van der Waals surface area contributed by atoms with Gasteiger partial charge >= 0.3 is 0 Å². The molecule has 11 heteroatoms. The van der Waals surface area contributed by atoms with Crippen molar-refractivity contribution < 1.29 is 4.39 Å². The number of allylic oxidation sites excluding steroid dienone is 1. The minimum Gasteiger partial charge on any atom is -0.303 e. The zero-order valence-corrected chi connectivity index (χ0v) is 20.5. The van der Waals surface area contributed by atoms with Crippen LogP contribution in [0.3, 0.4) is 0 Å². The Balaban J connectivity index is 1.15. The number of aromatic nitrogens is 7. The first-order valence-corrected chi connectivity index (χ1v) is 12.6. The number of nitrogens with one attached hydrogen (secondary N) is 1. The average molecular weight is 525 g/mol. The number of benzene rings is 2. The van der Waals surface area contributed by atoms with Gasteiger partial charge in [0.05, 0.1) is 28.8 Å². The van der Waals surface area contributed by atoms with Gasteiger partial charge in [0.15, 0.2) is 0 Å². The monoisotopic (exact) mass is 524 g/mol. The number of hydrogen-bond donors (Lipinski definition) is 1. The summed E-state index contributed by atoms with van der Waals surface area (Å²) in [4.78, 5) is 18.3. The van der Waals surface area contributed by atoms with Crippen LogP contribution >= 0.6 is 11.6 Å². The molecule has 0 saturated heterocycles. The van der Waals surface area contributed by atoms with Crippen molar-refractivity contribution in [3.05, 3.63) is 93.6 Å². The molecule has 0 unspecified atom stereocenters. The lowest BCUT2D eigenvalue weighted by atomic mass is 9.96.